The van der Waals surface area contributed by atoms with Gasteiger partial charge in [0.05, 0.1) is 6.61 Å². The van der Waals surface area contributed by atoms with E-state index in [-0.39, 0.29) is 6.09 Å². The van der Waals surface area contributed by atoms with Crippen molar-refractivity contribution in [1.82, 2.24) is 5.32 Å². The lowest BCUT2D eigenvalue weighted by Crippen LogP contribution is -2.33. The van der Waals surface area contributed by atoms with Crippen LogP contribution in [-0.2, 0) is 4.74 Å². The summed E-state index contributed by atoms with van der Waals surface area (Å²) in [6.45, 7) is 11.0. The molecule has 0 aliphatic heterocycles. The summed E-state index contributed by atoms with van der Waals surface area (Å²) in [5, 5.41) is 2.71. The van der Waals surface area contributed by atoms with Crippen LogP contribution in [0.1, 0.15) is 52.5 Å². The van der Waals surface area contributed by atoms with E-state index in [1.165, 1.54) is 5.56 Å². The van der Waals surface area contributed by atoms with Crippen molar-refractivity contribution in [3.05, 3.63) is 29.8 Å². The Morgan fingerprint density at radius 1 is 1.29 bits per heavy atom. The molecule has 0 spiro atoms. The van der Waals surface area contributed by atoms with Gasteiger partial charge in [0, 0.05) is 6.54 Å². The average Bonchev–Trinajstić information content (AvgIpc) is 2.36. The number of rotatable bonds is 6. The van der Waals surface area contributed by atoms with E-state index in [0.29, 0.717) is 19.1 Å². The summed E-state index contributed by atoms with van der Waals surface area (Å²) >= 11 is 0. The van der Waals surface area contributed by atoms with E-state index in [1.54, 1.807) is 0 Å². The molecule has 1 amide bonds. The highest BCUT2D eigenvalue weighted by molar-refractivity contribution is 5.67. The molecule has 118 valence electrons. The number of nitrogens with one attached hydrogen (secondary N) is 1. The van der Waals surface area contributed by atoms with Gasteiger partial charge in [0.15, 0.2) is 0 Å². The Bertz CT molecular complexity index is 450. The van der Waals surface area contributed by atoms with E-state index in [4.69, 9.17) is 9.47 Å². The van der Waals surface area contributed by atoms with Crippen molar-refractivity contribution in [2.45, 2.75) is 52.6 Å². The van der Waals surface area contributed by atoms with E-state index in [1.807, 2.05) is 32.9 Å². The van der Waals surface area contributed by atoms with Gasteiger partial charge in [0.1, 0.15) is 11.4 Å². The summed E-state index contributed by atoms with van der Waals surface area (Å²) in [7, 11) is 0. The van der Waals surface area contributed by atoms with Crippen molar-refractivity contribution in [2.24, 2.45) is 0 Å². The first-order valence-corrected chi connectivity index (χ1v) is 7.47. The van der Waals surface area contributed by atoms with Gasteiger partial charge in [-0.25, -0.2) is 4.79 Å². The Hall–Kier alpha value is -1.71. The Balaban J connectivity index is 2.23. The maximum atomic E-state index is 11.4. The maximum Gasteiger partial charge on any atom is 0.407 e. The second-order valence-corrected chi connectivity index (χ2v) is 6.36. The fourth-order valence-corrected chi connectivity index (χ4v) is 1.73. The maximum absolute atomic E-state index is 11.4. The van der Waals surface area contributed by atoms with E-state index < -0.39 is 5.60 Å². The van der Waals surface area contributed by atoms with Crippen LogP contribution in [0.5, 0.6) is 5.75 Å². The van der Waals surface area contributed by atoms with Gasteiger partial charge in [-0.05, 0) is 50.8 Å². The number of ether oxygens (including phenoxy) is 2. The van der Waals surface area contributed by atoms with Gasteiger partial charge in [-0.15, -0.1) is 0 Å². The topological polar surface area (TPSA) is 47.6 Å². The van der Waals surface area contributed by atoms with Gasteiger partial charge >= 0.3 is 6.09 Å². The van der Waals surface area contributed by atoms with Crippen LogP contribution in [0.15, 0.2) is 24.3 Å². The van der Waals surface area contributed by atoms with Crippen LogP contribution in [0.3, 0.4) is 0 Å². The van der Waals surface area contributed by atoms with Gasteiger partial charge in [0.25, 0.3) is 0 Å². The Morgan fingerprint density at radius 3 is 2.62 bits per heavy atom. The fraction of sp³-hybridized carbons (Fsp3) is 0.588. The van der Waals surface area contributed by atoms with E-state index in [9.17, 15) is 4.79 Å². The molecule has 0 bridgehead atoms. The van der Waals surface area contributed by atoms with Gasteiger partial charge < -0.3 is 14.8 Å². The molecule has 0 heterocycles. The van der Waals surface area contributed by atoms with Gasteiger partial charge in [-0.1, -0.05) is 26.0 Å². The fourth-order valence-electron chi connectivity index (χ4n) is 1.73. The molecule has 0 atom stereocenters. The zero-order chi connectivity index (χ0) is 15.9. The SMILES string of the molecule is CC(C)c1cccc(OCCCNC(=O)OC(C)(C)C)c1. The van der Waals surface area contributed by atoms with Crippen molar-refractivity contribution in [3.8, 4) is 5.75 Å². The molecule has 1 aromatic rings. The minimum atomic E-state index is -0.460. The number of amides is 1. The normalized spacial score (nSPS) is 11.3. The van der Waals surface area contributed by atoms with Crippen LogP contribution < -0.4 is 10.1 Å². The smallest absolute Gasteiger partial charge is 0.407 e. The molecule has 4 heteroatoms. The molecule has 0 unspecified atom stereocenters. The number of carbonyl (C=O) groups excluding carboxylic acids is 1. The third-order valence-corrected chi connectivity index (χ3v) is 2.78. The summed E-state index contributed by atoms with van der Waals surface area (Å²) < 4.78 is 10.8. The largest absolute Gasteiger partial charge is 0.494 e. The van der Waals surface area contributed by atoms with Crippen molar-refractivity contribution in [2.75, 3.05) is 13.2 Å². The summed E-state index contributed by atoms with van der Waals surface area (Å²) in [6, 6.07) is 8.12. The van der Waals surface area contributed by atoms with Crippen LogP contribution in [0.2, 0.25) is 0 Å². The lowest BCUT2D eigenvalue weighted by atomic mass is 10.0. The van der Waals surface area contributed by atoms with Crippen LogP contribution in [0.25, 0.3) is 0 Å². The molecule has 0 fully saturated rings. The quantitative estimate of drug-likeness (QED) is 0.803. The molecule has 1 N–H and O–H groups in total. The number of carbonyl (C=O) groups is 1. The summed E-state index contributed by atoms with van der Waals surface area (Å²) in [6.07, 6.45) is 0.356. The molecule has 0 saturated heterocycles. The highest BCUT2D eigenvalue weighted by Gasteiger charge is 2.15. The lowest BCUT2D eigenvalue weighted by Gasteiger charge is -2.19. The summed E-state index contributed by atoms with van der Waals surface area (Å²) in [5.74, 6) is 1.36. The molecule has 0 aromatic heterocycles. The van der Waals surface area contributed by atoms with Crippen molar-refractivity contribution in [1.29, 1.82) is 0 Å². The molecule has 1 aromatic carbocycles. The van der Waals surface area contributed by atoms with Gasteiger partial charge in [-0.2, -0.15) is 0 Å². The molecular weight excluding hydrogens is 266 g/mol. The van der Waals surface area contributed by atoms with E-state index >= 15 is 0 Å². The minimum absolute atomic E-state index is 0.385. The number of hydrogen-bond donors (Lipinski definition) is 1. The van der Waals surface area contributed by atoms with Crippen LogP contribution >= 0.6 is 0 Å². The summed E-state index contributed by atoms with van der Waals surface area (Å²) in [4.78, 5) is 11.4. The van der Waals surface area contributed by atoms with Crippen molar-refractivity contribution in [3.63, 3.8) is 0 Å². The zero-order valence-electron chi connectivity index (χ0n) is 13.7. The molecule has 0 radical (unpaired) electrons. The Morgan fingerprint density at radius 2 is 2.00 bits per heavy atom. The Labute approximate surface area is 127 Å². The second-order valence-electron chi connectivity index (χ2n) is 6.36. The zero-order valence-corrected chi connectivity index (χ0v) is 13.7. The minimum Gasteiger partial charge on any atom is -0.494 e. The van der Waals surface area contributed by atoms with E-state index in [0.717, 1.165) is 12.2 Å². The van der Waals surface area contributed by atoms with Crippen molar-refractivity contribution < 1.29 is 14.3 Å². The van der Waals surface area contributed by atoms with Crippen LogP contribution in [0, 0.1) is 0 Å². The number of benzene rings is 1. The summed E-state index contributed by atoms with van der Waals surface area (Å²) in [5.41, 5.74) is 0.803. The first-order valence-electron chi connectivity index (χ1n) is 7.47. The number of hydrogen-bond acceptors (Lipinski definition) is 3. The third-order valence-electron chi connectivity index (χ3n) is 2.78. The third kappa shape index (κ3) is 7.59. The molecular formula is C17H27NO3. The van der Waals surface area contributed by atoms with Crippen molar-refractivity contribution >= 4 is 6.09 Å². The highest BCUT2D eigenvalue weighted by Crippen LogP contribution is 2.20. The monoisotopic (exact) mass is 293 g/mol. The molecule has 1 rings (SSSR count). The second kappa shape index (κ2) is 7.91. The Kier molecular flexibility index (Phi) is 6.53. The lowest BCUT2D eigenvalue weighted by molar-refractivity contribution is 0.0525. The van der Waals surface area contributed by atoms with E-state index in [2.05, 4.69) is 31.3 Å². The average molecular weight is 293 g/mol. The van der Waals surface area contributed by atoms with Crippen LogP contribution in [-0.4, -0.2) is 24.8 Å². The van der Waals surface area contributed by atoms with Gasteiger partial charge in [0.2, 0.25) is 0 Å². The molecule has 0 saturated carbocycles. The highest BCUT2D eigenvalue weighted by atomic mass is 16.6. The van der Waals surface area contributed by atoms with Gasteiger partial charge in [-0.3, -0.25) is 0 Å². The first-order chi connectivity index (χ1) is 9.78. The molecule has 21 heavy (non-hydrogen) atoms. The first kappa shape index (κ1) is 17.3. The molecule has 0 aliphatic carbocycles. The molecule has 4 nitrogen and oxygen atoms in total. The predicted molar refractivity (Wildman–Crippen MR) is 84.9 cm³/mol. The number of alkyl carbamates (subject to hydrolysis) is 1. The standard InChI is InChI=1S/C17H27NO3/c1-13(2)14-8-6-9-15(12-14)20-11-7-10-18-16(19)21-17(3,4)5/h6,8-9,12-13H,7,10-11H2,1-5H3,(H,18,19). The van der Waals surface area contributed by atoms with Crippen LogP contribution in [0.4, 0.5) is 4.79 Å². The predicted octanol–water partition coefficient (Wildman–Crippen LogP) is 4.10. The molecule has 0 aliphatic rings.